The molecule has 1 aliphatic heterocycles. The predicted octanol–water partition coefficient (Wildman–Crippen LogP) is 1.85. The highest BCUT2D eigenvalue weighted by Crippen LogP contribution is 2.30. The Morgan fingerprint density at radius 1 is 1.31 bits per heavy atom. The van der Waals surface area contributed by atoms with Gasteiger partial charge in [-0.3, -0.25) is 14.9 Å². The maximum absolute atomic E-state index is 12.7. The summed E-state index contributed by atoms with van der Waals surface area (Å²) in [5.74, 6) is -0.159. The van der Waals surface area contributed by atoms with E-state index in [9.17, 15) is 14.9 Å². The summed E-state index contributed by atoms with van der Waals surface area (Å²) in [6.45, 7) is 4.34. The van der Waals surface area contributed by atoms with Gasteiger partial charge < -0.3 is 15.1 Å². The molecule has 0 unspecified atom stereocenters. The molecule has 9 heteroatoms. The van der Waals surface area contributed by atoms with Gasteiger partial charge in [0, 0.05) is 11.1 Å². The standard InChI is InChI=1S/C20H20ClN5O3/c1-14(20(27)23-17-5-3-2-4-15(17)13-22)24-8-10-25(11-9-24)18-7-6-16(21)12-19(18)26(28)29/h2-7,12,14H,8-11H2,1H3,(H,23,27)/p+1/t14-/m0/s1. The second-order valence-electron chi connectivity index (χ2n) is 6.90. The van der Waals surface area contributed by atoms with E-state index in [1.807, 2.05) is 11.8 Å². The summed E-state index contributed by atoms with van der Waals surface area (Å²) in [5.41, 5.74) is 1.45. The first kappa shape index (κ1) is 20.6. The summed E-state index contributed by atoms with van der Waals surface area (Å²) in [4.78, 5) is 26.6. The van der Waals surface area contributed by atoms with Gasteiger partial charge >= 0.3 is 0 Å². The average molecular weight is 415 g/mol. The molecule has 1 heterocycles. The number of piperazine rings is 1. The van der Waals surface area contributed by atoms with Crippen molar-refractivity contribution in [1.82, 2.24) is 0 Å². The Hall–Kier alpha value is -3.15. The summed E-state index contributed by atoms with van der Waals surface area (Å²) in [7, 11) is 0. The largest absolute Gasteiger partial charge is 0.355 e. The van der Waals surface area contributed by atoms with E-state index in [4.69, 9.17) is 16.9 Å². The van der Waals surface area contributed by atoms with Gasteiger partial charge in [-0.15, -0.1) is 0 Å². The van der Waals surface area contributed by atoms with Gasteiger partial charge in [-0.2, -0.15) is 5.26 Å². The fourth-order valence-electron chi connectivity index (χ4n) is 3.49. The lowest BCUT2D eigenvalue weighted by atomic mass is 10.1. The molecule has 0 radical (unpaired) electrons. The zero-order valence-electron chi connectivity index (χ0n) is 15.9. The van der Waals surface area contributed by atoms with Crippen molar-refractivity contribution in [3.05, 3.63) is 63.2 Å². The third kappa shape index (κ3) is 4.65. The number of amides is 1. The van der Waals surface area contributed by atoms with Gasteiger partial charge in [-0.1, -0.05) is 23.7 Å². The van der Waals surface area contributed by atoms with Gasteiger partial charge in [-0.25, -0.2) is 0 Å². The minimum atomic E-state index is -0.427. The highest BCUT2D eigenvalue weighted by molar-refractivity contribution is 6.30. The smallest absolute Gasteiger partial charge is 0.294 e. The van der Waals surface area contributed by atoms with E-state index in [0.29, 0.717) is 48.1 Å². The zero-order valence-corrected chi connectivity index (χ0v) is 16.6. The topological polar surface area (TPSA) is 104 Å². The van der Waals surface area contributed by atoms with Crippen molar-refractivity contribution in [3.63, 3.8) is 0 Å². The molecule has 150 valence electrons. The molecule has 0 spiro atoms. The quantitative estimate of drug-likeness (QED) is 0.574. The van der Waals surface area contributed by atoms with E-state index >= 15 is 0 Å². The molecule has 0 saturated carbocycles. The fraction of sp³-hybridized carbons (Fsp3) is 0.300. The van der Waals surface area contributed by atoms with E-state index in [0.717, 1.165) is 4.90 Å². The molecule has 2 N–H and O–H groups in total. The van der Waals surface area contributed by atoms with Crippen molar-refractivity contribution in [2.75, 3.05) is 36.4 Å². The molecule has 1 amide bonds. The molecule has 8 nitrogen and oxygen atoms in total. The van der Waals surface area contributed by atoms with Crippen molar-refractivity contribution in [2.45, 2.75) is 13.0 Å². The van der Waals surface area contributed by atoms with Crippen LogP contribution in [0.1, 0.15) is 12.5 Å². The number of para-hydroxylation sites is 1. The second-order valence-corrected chi connectivity index (χ2v) is 7.34. The molecule has 1 saturated heterocycles. The number of hydrogen-bond donors (Lipinski definition) is 2. The Morgan fingerprint density at radius 2 is 2.00 bits per heavy atom. The number of hydrogen-bond acceptors (Lipinski definition) is 5. The molecule has 1 atom stereocenters. The molecule has 2 aromatic carbocycles. The number of carbonyl (C=O) groups is 1. The van der Waals surface area contributed by atoms with Gasteiger partial charge in [0.1, 0.15) is 11.8 Å². The predicted molar refractivity (Wildman–Crippen MR) is 110 cm³/mol. The van der Waals surface area contributed by atoms with Gasteiger partial charge in [0.2, 0.25) is 0 Å². The maximum atomic E-state index is 12.7. The SMILES string of the molecule is C[C@@H](C(=O)Nc1ccccc1C#N)[NH+]1CCN(c2ccc(Cl)cc2[N+](=O)[O-])CC1. The highest BCUT2D eigenvalue weighted by atomic mass is 35.5. The molecule has 1 fully saturated rings. The van der Waals surface area contributed by atoms with Crippen molar-refractivity contribution in [3.8, 4) is 6.07 Å². The van der Waals surface area contributed by atoms with Crippen molar-refractivity contribution >= 4 is 34.6 Å². The van der Waals surface area contributed by atoms with Crippen molar-refractivity contribution in [2.24, 2.45) is 0 Å². The normalized spacial score (nSPS) is 15.4. The molecule has 29 heavy (non-hydrogen) atoms. The van der Waals surface area contributed by atoms with Gasteiger partial charge in [0.15, 0.2) is 6.04 Å². The number of rotatable bonds is 5. The molecule has 3 rings (SSSR count). The third-order valence-electron chi connectivity index (χ3n) is 5.19. The molecular weight excluding hydrogens is 394 g/mol. The zero-order chi connectivity index (χ0) is 21.0. The van der Waals surface area contributed by atoms with Gasteiger partial charge in [0.05, 0.1) is 42.4 Å². The van der Waals surface area contributed by atoms with Gasteiger partial charge in [-0.05, 0) is 31.2 Å². The first-order valence-corrected chi connectivity index (χ1v) is 9.62. The van der Waals surface area contributed by atoms with E-state index in [1.165, 1.54) is 6.07 Å². The van der Waals surface area contributed by atoms with Crippen LogP contribution in [0.15, 0.2) is 42.5 Å². The van der Waals surface area contributed by atoms with Crippen LogP contribution < -0.4 is 15.1 Å². The number of nitro benzene ring substituents is 1. The number of nitrogens with zero attached hydrogens (tertiary/aromatic N) is 3. The summed E-state index contributed by atoms with van der Waals surface area (Å²) in [6.07, 6.45) is 0. The number of nitro groups is 1. The minimum Gasteiger partial charge on any atom is -0.355 e. The maximum Gasteiger partial charge on any atom is 0.294 e. The van der Waals surface area contributed by atoms with E-state index in [2.05, 4.69) is 11.4 Å². The van der Waals surface area contributed by atoms with E-state index in [-0.39, 0.29) is 17.6 Å². The van der Waals surface area contributed by atoms with Crippen LogP contribution in [0.2, 0.25) is 5.02 Å². The number of nitriles is 1. The fourth-order valence-corrected chi connectivity index (χ4v) is 3.66. The van der Waals surface area contributed by atoms with Crippen LogP contribution in [-0.2, 0) is 4.79 Å². The minimum absolute atomic E-state index is 0.0140. The Labute approximate surface area is 173 Å². The summed E-state index contributed by atoms with van der Waals surface area (Å²) in [6, 6.07) is 13.3. The second kappa shape index (κ2) is 8.90. The first-order valence-electron chi connectivity index (χ1n) is 9.24. The van der Waals surface area contributed by atoms with Crippen LogP contribution in [0, 0.1) is 21.4 Å². The Morgan fingerprint density at radius 3 is 2.66 bits per heavy atom. The van der Waals surface area contributed by atoms with Crippen LogP contribution in [0.25, 0.3) is 0 Å². The van der Waals surface area contributed by atoms with Crippen LogP contribution in [0.3, 0.4) is 0 Å². The Balaban J connectivity index is 1.64. The Kier molecular flexibility index (Phi) is 6.32. The highest BCUT2D eigenvalue weighted by Gasteiger charge is 2.31. The monoisotopic (exact) mass is 414 g/mol. The Bertz CT molecular complexity index is 967. The van der Waals surface area contributed by atoms with Crippen LogP contribution in [0.4, 0.5) is 17.1 Å². The van der Waals surface area contributed by atoms with Crippen LogP contribution in [0.5, 0.6) is 0 Å². The number of nitrogens with one attached hydrogen (secondary N) is 2. The number of halogens is 1. The number of carbonyl (C=O) groups excluding carboxylic acids is 1. The third-order valence-corrected chi connectivity index (χ3v) is 5.43. The van der Waals surface area contributed by atoms with Crippen molar-refractivity contribution < 1.29 is 14.6 Å². The number of benzene rings is 2. The lowest BCUT2D eigenvalue weighted by Crippen LogP contribution is -3.19. The lowest BCUT2D eigenvalue weighted by molar-refractivity contribution is -0.914. The van der Waals surface area contributed by atoms with Crippen LogP contribution in [-0.4, -0.2) is 43.1 Å². The molecule has 0 aromatic heterocycles. The summed E-state index contributed by atoms with van der Waals surface area (Å²) < 4.78 is 0. The van der Waals surface area contributed by atoms with Crippen LogP contribution >= 0.6 is 11.6 Å². The summed E-state index contributed by atoms with van der Waals surface area (Å²) in [5, 5.41) is 23.7. The average Bonchev–Trinajstić information content (AvgIpc) is 2.73. The van der Waals surface area contributed by atoms with E-state index < -0.39 is 4.92 Å². The molecule has 0 bridgehead atoms. The number of quaternary nitrogens is 1. The molecule has 1 aliphatic rings. The summed E-state index contributed by atoms with van der Waals surface area (Å²) >= 11 is 5.90. The molecule has 0 aliphatic carbocycles. The van der Waals surface area contributed by atoms with E-state index in [1.54, 1.807) is 36.4 Å². The molecule has 2 aromatic rings. The first-order chi connectivity index (χ1) is 13.9. The van der Waals surface area contributed by atoms with Gasteiger partial charge in [0.25, 0.3) is 11.6 Å². The number of anilines is 2. The lowest BCUT2D eigenvalue weighted by Gasteiger charge is -2.35. The molecular formula is C20H21ClN5O3+. The van der Waals surface area contributed by atoms with Crippen molar-refractivity contribution in [1.29, 1.82) is 5.26 Å².